The van der Waals surface area contributed by atoms with Crippen LogP contribution in [0.4, 0.5) is 13.2 Å². The first-order valence-electron chi connectivity index (χ1n) is 10.0. The molecular weight excluding hydrogens is 435 g/mol. The molecule has 10 heteroatoms. The fraction of sp³-hybridized carbons (Fsp3) is 0.650. The minimum atomic E-state index is -4.19. The van der Waals surface area contributed by atoms with E-state index in [-0.39, 0.29) is 25.7 Å². The van der Waals surface area contributed by atoms with Crippen LogP contribution in [0, 0.1) is 11.2 Å². The van der Waals surface area contributed by atoms with E-state index < -0.39 is 58.6 Å². The highest BCUT2D eigenvalue weighted by molar-refractivity contribution is 7.85. The second kappa shape index (κ2) is 8.62. The van der Waals surface area contributed by atoms with Gasteiger partial charge in [-0.2, -0.15) is 8.42 Å². The summed E-state index contributed by atoms with van der Waals surface area (Å²) in [5.41, 5.74) is -4.51. The van der Waals surface area contributed by atoms with Crippen LogP contribution in [0.15, 0.2) is 24.3 Å². The first kappa shape index (κ1) is 24.9. The van der Waals surface area contributed by atoms with Gasteiger partial charge in [0.15, 0.2) is 0 Å². The third-order valence-electron chi connectivity index (χ3n) is 6.15. The van der Waals surface area contributed by atoms with Gasteiger partial charge >= 0.3 is 0 Å². The van der Waals surface area contributed by atoms with Crippen LogP contribution in [-0.4, -0.2) is 44.3 Å². The first-order valence-corrected chi connectivity index (χ1v) is 15.1. The number of benzene rings is 1. The summed E-state index contributed by atoms with van der Waals surface area (Å²) in [7, 11) is -7.24. The zero-order valence-corrected chi connectivity index (χ0v) is 19.5. The molecule has 3 atom stereocenters. The van der Waals surface area contributed by atoms with Crippen LogP contribution in [0.25, 0.3) is 0 Å². The van der Waals surface area contributed by atoms with Gasteiger partial charge in [-0.05, 0) is 43.4 Å². The van der Waals surface area contributed by atoms with Crippen molar-refractivity contribution >= 4 is 24.1 Å². The van der Waals surface area contributed by atoms with Gasteiger partial charge in [-0.1, -0.05) is 38.7 Å². The van der Waals surface area contributed by atoms with Crippen molar-refractivity contribution in [1.29, 1.82) is 0 Å². The number of nitrogens with one attached hydrogen (secondary N) is 1. The summed E-state index contributed by atoms with van der Waals surface area (Å²) in [6.45, 7) is 6.16. The number of rotatable bonds is 9. The molecule has 170 valence electrons. The molecule has 1 aliphatic heterocycles. The van der Waals surface area contributed by atoms with Crippen molar-refractivity contribution in [2.75, 3.05) is 5.75 Å². The van der Waals surface area contributed by atoms with E-state index in [1.54, 1.807) is 13.0 Å². The Morgan fingerprint density at radius 2 is 1.97 bits per heavy atom. The van der Waals surface area contributed by atoms with E-state index >= 15 is 8.78 Å². The normalized spacial score (nSPS) is 24.0. The minimum absolute atomic E-state index is 0.0342. The standard InChI is InChI=1S/C20H30F3NO4SSi/c1-5-19(20(22,23)30(2,3)4)13-17(24-18(19)25)16(10-7-11-29(26,27)28)14-8-6-9-15(21)12-14/h6,8-9,12,16-17H,5,7,10-11,13H2,1-4H3,(H,24,25)(H,26,27,28)/t16?,17-,19?/m1/s1. The highest BCUT2D eigenvalue weighted by Crippen LogP contribution is 2.53. The fourth-order valence-electron chi connectivity index (χ4n) is 4.41. The largest absolute Gasteiger partial charge is 0.352 e. The van der Waals surface area contributed by atoms with Crippen molar-refractivity contribution in [1.82, 2.24) is 5.32 Å². The predicted molar refractivity (Wildman–Crippen MR) is 112 cm³/mol. The van der Waals surface area contributed by atoms with Crippen LogP contribution in [0.5, 0.6) is 0 Å². The lowest BCUT2D eigenvalue weighted by atomic mass is 9.77. The topological polar surface area (TPSA) is 83.5 Å². The van der Waals surface area contributed by atoms with Crippen molar-refractivity contribution in [2.24, 2.45) is 5.41 Å². The van der Waals surface area contributed by atoms with Crippen LogP contribution < -0.4 is 5.32 Å². The smallest absolute Gasteiger partial charge is 0.264 e. The number of carbonyl (C=O) groups excluding carboxylic acids is 1. The van der Waals surface area contributed by atoms with Gasteiger partial charge in [0.25, 0.3) is 10.1 Å². The Labute approximate surface area is 177 Å². The average Bonchev–Trinajstić information content (AvgIpc) is 2.94. The van der Waals surface area contributed by atoms with Gasteiger partial charge in [0.05, 0.1) is 5.75 Å². The van der Waals surface area contributed by atoms with Gasteiger partial charge in [0, 0.05) is 12.0 Å². The molecule has 1 fully saturated rings. The molecule has 1 aromatic carbocycles. The summed E-state index contributed by atoms with van der Waals surface area (Å²) in [5.74, 6) is -2.27. The van der Waals surface area contributed by atoms with Gasteiger partial charge < -0.3 is 5.32 Å². The number of alkyl halides is 2. The molecule has 2 rings (SSSR count). The van der Waals surface area contributed by atoms with Crippen molar-refractivity contribution in [3.05, 3.63) is 35.6 Å². The average molecular weight is 466 g/mol. The summed E-state index contributed by atoms with van der Waals surface area (Å²) in [4.78, 5) is 12.9. The van der Waals surface area contributed by atoms with Crippen molar-refractivity contribution in [3.63, 3.8) is 0 Å². The molecule has 1 aliphatic rings. The number of hydrogen-bond acceptors (Lipinski definition) is 3. The van der Waals surface area contributed by atoms with Crippen LogP contribution in [0.1, 0.15) is 44.1 Å². The van der Waals surface area contributed by atoms with E-state index in [0.29, 0.717) is 5.56 Å². The van der Waals surface area contributed by atoms with Crippen LogP contribution in [-0.2, 0) is 14.9 Å². The van der Waals surface area contributed by atoms with Crippen molar-refractivity contribution in [3.8, 4) is 0 Å². The van der Waals surface area contributed by atoms with Crippen LogP contribution >= 0.6 is 0 Å². The number of carbonyl (C=O) groups is 1. The predicted octanol–water partition coefficient (Wildman–Crippen LogP) is 4.37. The van der Waals surface area contributed by atoms with E-state index in [1.165, 1.54) is 37.8 Å². The van der Waals surface area contributed by atoms with Gasteiger partial charge in [0.2, 0.25) is 11.5 Å². The lowest BCUT2D eigenvalue weighted by molar-refractivity contribution is -0.142. The zero-order valence-electron chi connectivity index (χ0n) is 17.7. The summed E-state index contributed by atoms with van der Waals surface area (Å²) in [6.07, 6.45) is 0.0859. The van der Waals surface area contributed by atoms with Crippen LogP contribution in [0.2, 0.25) is 19.6 Å². The van der Waals surface area contributed by atoms with E-state index in [1.807, 2.05) is 0 Å². The second-order valence-electron chi connectivity index (χ2n) is 9.13. The second-order valence-corrected chi connectivity index (χ2v) is 15.8. The van der Waals surface area contributed by atoms with Gasteiger partial charge in [-0.15, -0.1) is 0 Å². The molecule has 0 bridgehead atoms. The molecule has 1 amide bonds. The first-order chi connectivity index (χ1) is 13.6. The quantitative estimate of drug-likeness (QED) is 0.419. The van der Waals surface area contributed by atoms with Crippen molar-refractivity contribution < 1.29 is 30.9 Å². The maximum Gasteiger partial charge on any atom is 0.264 e. The minimum Gasteiger partial charge on any atom is -0.352 e. The third-order valence-corrected chi connectivity index (χ3v) is 9.31. The Morgan fingerprint density at radius 3 is 2.47 bits per heavy atom. The maximum absolute atomic E-state index is 15.5. The molecule has 0 aliphatic carbocycles. The van der Waals surface area contributed by atoms with Gasteiger partial charge in [0.1, 0.15) is 19.3 Å². The molecule has 1 aromatic rings. The van der Waals surface area contributed by atoms with E-state index in [4.69, 9.17) is 4.55 Å². The van der Waals surface area contributed by atoms with Crippen molar-refractivity contribution in [2.45, 2.75) is 69.8 Å². The molecule has 2 N–H and O–H groups in total. The molecule has 0 radical (unpaired) electrons. The number of amides is 1. The van der Waals surface area contributed by atoms with Gasteiger partial charge in [-0.3, -0.25) is 9.35 Å². The SMILES string of the molecule is CCC1(C(F)(F)[Si](C)(C)C)C[C@H](C(CCCS(=O)(=O)O)c2cccc(F)c2)NC1=O. The molecule has 30 heavy (non-hydrogen) atoms. The molecule has 0 saturated carbocycles. The molecule has 1 saturated heterocycles. The lowest BCUT2D eigenvalue weighted by Crippen LogP contribution is -2.59. The third kappa shape index (κ3) is 4.91. The Balaban J connectivity index is 2.41. The van der Waals surface area contributed by atoms with Crippen LogP contribution in [0.3, 0.4) is 0 Å². The number of hydrogen-bond donors (Lipinski definition) is 2. The summed E-state index contributed by atoms with van der Waals surface area (Å²) < 4.78 is 76.0. The van der Waals surface area contributed by atoms with E-state index in [2.05, 4.69) is 5.32 Å². The van der Waals surface area contributed by atoms with E-state index in [9.17, 15) is 17.6 Å². The zero-order chi connectivity index (χ0) is 23.0. The monoisotopic (exact) mass is 465 g/mol. The summed E-state index contributed by atoms with van der Waals surface area (Å²) in [6, 6.07) is 4.95. The maximum atomic E-state index is 15.5. The molecule has 2 unspecified atom stereocenters. The Kier molecular flexibility index (Phi) is 7.15. The Bertz CT molecular complexity index is 888. The molecule has 5 nitrogen and oxygen atoms in total. The summed E-state index contributed by atoms with van der Waals surface area (Å²) in [5, 5.41) is 2.71. The lowest BCUT2D eigenvalue weighted by Gasteiger charge is -2.41. The van der Waals surface area contributed by atoms with Gasteiger partial charge in [-0.25, -0.2) is 13.2 Å². The Morgan fingerprint density at radius 1 is 1.33 bits per heavy atom. The molecule has 1 heterocycles. The molecular formula is C20H30F3NO4SSi. The summed E-state index contributed by atoms with van der Waals surface area (Å²) >= 11 is 0. The molecule has 0 aromatic heterocycles. The Hall–Kier alpha value is -1.39. The molecule has 0 spiro atoms. The highest BCUT2D eigenvalue weighted by atomic mass is 32.2. The highest BCUT2D eigenvalue weighted by Gasteiger charge is 2.67. The fourth-order valence-corrected chi connectivity index (χ4v) is 6.77. The van der Waals surface area contributed by atoms with E-state index in [0.717, 1.165) is 0 Å². The number of halogens is 3.